The first-order chi connectivity index (χ1) is 6.74. The number of aromatic nitrogens is 2. The minimum Gasteiger partial charge on any atom is -0.330 e. The van der Waals surface area contributed by atoms with E-state index in [4.69, 9.17) is 5.73 Å². The van der Waals surface area contributed by atoms with Crippen LogP contribution in [0.5, 0.6) is 0 Å². The minimum atomic E-state index is -0.286. The van der Waals surface area contributed by atoms with E-state index in [1.807, 2.05) is 6.92 Å². The minimum absolute atomic E-state index is 0.286. The molecule has 0 radical (unpaired) electrons. The molecule has 2 N–H and O–H groups in total. The van der Waals surface area contributed by atoms with Gasteiger partial charge >= 0.3 is 0 Å². The molecule has 2 aromatic heterocycles. The average molecular weight is 193 g/mol. The van der Waals surface area contributed by atoms with Crippen molar-refractivity contribution in [3.05, 3.63) is 35.5 Å². The van der Waals surface area contributed by atoms with Gasteiger partial charge in [0, 0.05) is 12.1 Å². The van der Waals surface area contributed by atoms with Gasteiger partial charge in [-0.25, -0.2) is 4.98 Å². The summed E-state index contributed by atoms with van der Waals surface area (Å²) in [6.07, 6.45) is 0.647. The molecule has 0 fully saturated rings. The molecule has 0 unspecified atom stereocenters. The summed E-state index contributed by atoms with van der Waals surface area (Å²) < 4.78 is 15.0. The smallest absolute Gasteiger partial charge is 0.199 e. The molecule has 0 saturated carbocycles. The van der Waals surface area contributed by atoms with E-state index in [1.54, 1.807) is 12.1 Å². The van der Waals surface area contributed by atoms with Crippen molar-refractivity contribution in [3.63, 3.8) is 0 Å². The van der Waals surface area contributed by atoms with Crippen LogP contribution in [0.15, 0.2) is 18.2 Å². The molecule has 2 rings (SSSR count). The molecule has 14 heavy (non-hydrogen) atoms. The topological polar surface area (TPSA) is 43.3 Å². The SMILES string of the molecule is Cc1nc2cccc(F)n2c1CCN. The molecule has 0 aliphatic carbocycles. The molecule has 0 saturated heterocycles. The molecular weight excluding hydrogens is 181 g/mol. The van der Waals surface area contributed by atoms with Gasteiger partial charge in [0.1, 0.15) is 5.65 Å². The first-order valence-electron chi connectivity index (χ1n) is 4.56. The molecule has 4 heteroatoms. The lowest BCUT2D eigenvalue weighted by Crippen LogP contribution is -2.07. The van der Waals surface area contributed by atoms with Gasteiger partial charge in [0.05, 0.1) is 5.69 Å². The van der Waals surface area contributed by atoms with Crippen molar-refractivity contribution in [2.45, 2.75) is 13.3 Å². The molecule has 0 amide bonds. The normalized spacial score (nSPS) is 11.1. The van der Waals surface area contributed by atoms with Crippen molar-refractivity contribution < 1.29 is 4.39 Å². The number of pyridine rings is 1. The maximum absolute atomic E-state index is 13.5. The predicted molar refractivity (Wildman–Crippen MR) is 52.6 cm³/mol. The Kier molecular flexibility index (Phi) is 2.21. The molecule has 3 nitrogen and oxygen atoms in total. The van der Waals surface area contributed by atoms with E-state index in [0.29, 0.717) is 18.6 Å². The van der Waals surface area contributed by atoms with Gasteiger partial charge in [-0.1, -0.05) is 6.07 Å². The lowest BCUT2D eigenvalue weighted by atomic mass is 10.2. The molecular formula is C10H12FN3. The molecule has 0 atom stereocenters. The highest BCUT2D eigenvalue weighted by molar-refractivity contribution is 5.43. The van der Waals surface area contributed by atoms with Crippen LogP contribution < -0.4 is 5.73 Å². The highest BCUT2D eigenvalue weighted by atomic mass is 19.1. The number of hydrogen-bond donors (Lipinski definition) is 1. The van der Waals surface area contributed by atoms with E-state index in [1.165, 1.54) is 10.5 Å². The van der Waals surface area contributed by atoms with E-state index < -0.39 is 0 Å². The fourth-order valence-corrected chi connectivity index (χ4v) is 1.65. The quantitative estimate of drug-likeness (QED) is 0.730. The highest BCUT2D eigenvalue weighted by Gasteiger charge is 2.10. The third-order valence-electron chi connectivity index (χ3n) is 2.27. The molecule has 2 aromatic rings. The zero-order valence-electron chi connectivity index (χ0n) is 8.00. The zero-order chi connectivity index (χ0) is 10.1. The van der Waals surface area contributed by atoms with Crippen LogP contribution >= 0.6 is 0 Å². The fourth-order valence-electron chi connectivity index (χ4n) is 1.65. The monoisotopic (exact) mass is 193 g/mol. The first-order valence-corrected chi connectivity index (χ1v) is 4.56. The van der Waals surface area contributed by atoms with Gasteiger partial charge in [-0.05, 0) is 25.6 Å². The summed E-state index contributed by atoms with van der Waals surface area (Å²) in [6, 6.07) is 4.87. The summed E-state index contributed by atoms with van der Waals surface area (Å²) in [5.41, 5.74) is 7.82. The van der Waals surface area contributed by atoms with Gasteiger partial charge in [-0.3, -0.25) is 4.40 Å². The van der Waals surface area contributed by atoms with Gasteiger partial charge < -0.3 is 5.73 Å². The lowest BCUT2D eigenvalue weighted by molar-refractivity contribution is 0.559. The van der Waals surface area contributed by atoms with Crippen LogP contribution in [0.2, 0.25) is 0 Å². The number of aryl methyl sites for hydroxylation is 1. The van der Waals surface area contributed by atoms with Crippen LogP contribution in [0.3, 0.4) is 0 Å². The van der Waals surface area contributed by atoms with E-state index >= 15 is 0 Å². The standard InChI is InChI=1S/C10H12FN3/c1-7-8(5-6-12)14-9(11)3-2-4-10(14)13-7/h2-4H,5-6,12H2,1H3. The van der Waals surface area contributed by atoms with Crippen LogP contribution in [0.4, 0.5) is 4.39 Å². The third-order valence-corrected chi connectivity index (χ3v) is 2.27. The Morgan fingerprint density at radius 3 is 3.00 bits per heavy atom. The molecule has 74 valence electrons. The summed E-state index contributed by atoms with van der Waals surface area (Å²) in [4.78, 5) is 4.26. The summed E-state index contributed by atoms with van der Waals surface area (Å²) >= 11 is 0. The van der Waals surface area contributed by atoms with E-state index in [9.17, 15) is 4.39 Å². The number of nitrogens with two attached hydrogens (primary N) is 1. The number of rotatable bonds is 2. The van der Waals surface area contributed by atoms with Crippen LogP contribution in [0.25, 0.3) is 5.65 Å². The molecule has 0 bridgehead atoms. The van der Waals surface area contributed by atoms with Crippen LogP contribution in [-0.4, -0.2) is 15.9 Å². The van der Waals surface area contributed by atoms with Crippen LogP contribution in [0, 0.1) is 12.9 Å². The predicted octanol–water partition coefficient (Wildman–Crippen LogP) is 1.28. The summed E-state index contributed by atoms with van der Waals surface area (Å²) in [6.45, 7) is 2.38. The Hall–Kier alpha value is -1.42. The van der Waals surface area contributed by atoms with Crippen molar-refractivity contribution in [3.8, 4) is 0 Å². The first kappa shape index (κ1) is 9.15. The third kappa shape index (κ3) is 1.28. The second-order valence-electron chi connectivity index (χ2n) is 3.22. The second kappa shape index (κ2) is 3.38. The number of fused-ring (bicyclic) bond motifs is 1. The van der Waals surface area contributed by atoms with Gasteiger partial charge in [-0.2, -0.15) is 4.39 Å². The molecule has 0 spiro atoms. The van der Waals surface area contributed by atoms with Crippen LogP contribution in [-0.2, 0) is 6.42 Å². The largest absolute Gasteiger partial charge is 0.330 e. The Morgan fingerprint density at radius 2 is 2.29 bits per heavy atom. The van der Waals surface area contributed by atoms with Crippen molar-refractivity contribution in [1.82, 2.24) is 9.38 Å². The number of hydrogen-bond acceptors (Lipinski definition) is 2. The fraction of sp³-hybridized carbons (Fsp3) is 0.300. The molecule has 2 heterocycles. The van der Waals surface area contributed by atoms with Crippen molar-refractivity contribution >= 4 is 5.65 Å². The van der Waals surface area contributed by atoms with E-state index in [-0.39, 0.29) is 5.95 Å². The molecule has 0 aliphatic heterocycles. The lowest BCUT2D eigenvalue weighted by Gasteiger charge is -2.01. The maximum atomic E-state index is 13.5. The summed E-state index contributed by atoms with van der Waals surface area (Å²) in [7, 11) is 0. The van der Waals surface area contributed by atoms with Gasteiger partial charge in [0.2, 0.25) is 0 Å². The number of nitrogens with zero attached hydrogens (tertiary/aromatic N) is 2. The van der Waals surface area contributed by atoms with Gasteiger partial charge in [-0.15, -0.1) is 0 Å². The Labute approximate surface area is 81.4 Å². The zero-order valence-corrected chi connectivity index (χ0v) is 8.00. The number of imidazole rings is 1. The molecule has 0 aromatic carbocycles. The van der Waals surface area contributed by atoms with Crippen molar-refractivity contribution in [1.29, 1.82) is 0 Å². The van der Waals surface area contributed by atoms with E-state index in [2.05, 4.69) is 4.98 Å². The second-order valence-corrected chi connectivity index (χ2v) is 3.22. The van der Waals surface area contributed by atoms with Crippen LogP contribution in [0.1, 0.15) is 11.4 Å². The molecule has 0 aliphatic rings. The number of halogens is 1. The maximum Gasteiger partial charge on any atom is 0.199 e. The van der Waals surface area contributed by atoms with Crippen molar-refractivity contribution in [2.75, 3.05) is 6.54 Å². The Bertz CT molecular complexity index is 462. The van der Waals surface area contributed by atoms with E-state index in [0.717, 1.165) is 11.4 Å². The van der Waals surface area contributed by atoms with Gasteiger partial charge in [0.25, 0.3) is 0 Å². The summed E-state index contributed by atoms with van der Waals surface area (Å²) in [5.74, 6) is -0.286. The average Bonchev–Trinajstić information content (AvgIpc) is 2.45. The summed E-state index contributed by atoms with van der Waals surface area (Å²) in [5, 5.41) is 0. The Morgan fingerprint density at radius 1 is 1.50 bits per heavy atom. The van der Waals surface area contributed by atoms with Crippen molar-refractivity contribution in [2.24, 2.45) is 5.73 Å². The Balaban J connectivity index is 2.73. The highest BCUT2D eigenvalue weighted by Crippen LogP contribution is 2.14. The van der Waals surface area contributed by atoms with Gasteiger partial charge in [0.15, 0.2) is 5.95 Å².